The van der Waals surface area contributed by atoms with Crippen LogP contribution in [0.4, 0.5) is 0 Å². The Morgan fingerprint density at radius 1 is 1.29 bits per heavy atom. The lowest BCUT2D eigenvalue weighted by Gasteiger charge is -2.37. The van der Waals surface area contributed by atoms with Crippen LogP contribution in [0.3, 0.4) is 0 Å². The van der Waals surface area contributed by atoms with Crippen LogP contribution in [0.1, 0.15) is 23.5 Å². The van der Waals surface area contributed by atoms with Gasteiger partial charge in [0.1, 0.15) is 17.1 Å². The van der Waals surface area contributed by atoms with E-state index >= 15 is 0 Å². The number of aromatic nitrogens is 1. The molecule has 1 N–H and O–H groups in total. The molecule has 1 saturated heterocycles. The number of nitrogens with zero attached hydrogens (tertiary/aromatic N) is 2. The van der Waals surface area contributed by atoms with Gasteiger partial charge in [-0.3, -0.25) is 9.59 Å². The first-order valence-corrected chi connectivity index (χ1v) is 7.59. The lowest BCUT2D eigenvalue weighted by atomic mass is 10.0. The summed E-state index contributed by atoms with van der Waals surface area (Å²) in [6, 6.07) is 8.20. The average Bonchev–Trinajstić information content (AvgIpc) is 3.01. The topological polar surface area (TPSA) is 62.3 Å². The predicted octanol–water partition coefficient (Wildman–Crippen LogP) is 1.73. The molecular formula is C15H15N3O2S. The summed E-state index contributed by atoms with van der Waals surface area (Å²) in [6.45, 7) is 2.11. The van der Waals surface area contributed by atoms with E-state index in [0.29, 0.717) is 6.54 Å². The van der Waals surface area contributed by atoms with E-state index in [4.69, 9.17) is 0 Å². The molecule has 2 aromatic rings. The maximum atomic E-state index is 12.7. The van der Waals surface area contributed by atoms with Crippen molar-refractivity contribution in [2.24, 2.45) is 0 Å². The molecule has 21 heavy (non-hydrogen) atoms. The van der Waals surface area contributed by atoms with Crippen molar-refractivity contribution >= 4 is 23.2 Å². The van der Waals surface area contributed by atoms with Gasteiger partial charge in [-0.05, 0) is 12.5 Å². The maximum absolute atomic E-state index is 12.7. The van der Waals surface area contributed by atoms with Gasteiger partial charge in [-0.15, -0.1) is 11.3 Å². The number of hydrogen-bond acceptors (Lipinski definition) is 4. The van der Waals surface area contributed by atoms with Gasteiger partial charge in [0.2, 0.25) is 5.91 Å². The number of benzene rings is 1. The van der Waals surface area contributed by atoms with Gasteiger partial charge >= 0.3 is 0 Å². The summed E-state index contributed by atoms with van der Waals surface area (Å²) in [6.07, 6.45) is 1.70. The first kappa shape index (κ1) is 13.8. The molecule has 0 spiro atoms. The molecule has 108 valence electrons. The molecule has 6 heteroatoms. The van der Waals surface area contributed by atoms with Crippen LogP contribution in [0, 0.1) is 0 Å². The zero-order chi connectivity index (χ0) is 14.8. The number of hydrogen-bond donors (Lipinski definition) is 1. The molecule has 5 nitrogen and oxygen atoms in total. The van der Waals surface area contributed by atoms with Gasteiger partial charge in [0.15, 0.2) is 0 Å². The quantitative estimate of drug-likeness (QED) is 0.939. The van der Waals surface area contributed by atoms with E-state index in [1.54, 1.807) is 18.0 Å². The fourth-order valence-corrected chi connectivity index (χ4v) is 3.00. The third-order valence-corrected chi connectivity index (χ3v) is 4.35. The molecule has 2 amide bonds. The first-order chi connectivity index (χ1) is 10.2. The summed E-state index contributed by atoms with van der Waals surface area (Å²) < 4.78 is 0. The highest BCUT2D eigenvalue weighted by Gasteiger charge is 2.38. The Morgan fingerprint density at radius 3 is 2.71 bits per heavy atom. The van der Waals surface area contributed by atoms with E-state index in [9.17, 15) is 9.59 Å². The highest BCUT2D eigenvalue weighted by atomic mass is 32.1. The second-order valence-electron chi connectivity index (χ2n) is 4.92. The van der Waals surface area contributed by atoms with Crippen molar-refractivity contribution in [2.45, 2.75) is 25.6 Å². The number of carbonyl (C=O) groups excluding carboxylic acids is 2. The highest BCUT2D eigenvalue weighted by molar-refractivity contribution is 7.09. The van der Waals surface area contributed by atoms with Crippen LogP contribution < -0.4 is 5.32 Å². The zero-order valence-corrected chi connectivity index (χ0v) is 12.3. The van der Waals surface area contributed by atoms with Crippen molar-refractivity contribution in [1.29, 1.82) is 0 Å². The second kappa shape index (κ2) is 5.65. The van der Waals surface area contributed by atoms with E-state index in [0.717, 1.165) is 10.6 Å². The molecule has 0 aliphatic carbocycles. The molecule has 0 saturated carbocycles. The summed E-state index contributed by atoms with van der Waals surface area (Å²) >= 11 is 1.48. The zero-order valence-electron chi connectivity index (χ0n) is 11.5. The summed E-state index contributed by atoms with van der Waals surface area (Å²) in [4.78, 5) is 30.6. The average molecular weight is 301 g/mol. The van der Waals surface area contributed by atoms with Gasteiger partial charge in [-0.2, -0.15) is 0 Å². The monoisotopic (exact) mass is 301 g/mol. The molecular weight excluding hydrogens is 286 g/mol. The van der Waals surface area contributed by atoms with Crippen molar-refractivity contribution in [2.75, 3.05) is 0 Å². The van der Waals surface area contributed by atoms with Crippen molar-refractivity contribution < 1.29 is 9.59 Å². The first-order valence-electron chi connectivity index (χ1n) is 6.71. The van der Waals surface area contributed by atoms with Crippen LogP contribution in [-0.4, -0.2) is 27.7 Å². The minimum Gasteiger partial charge on any atom is -0.339 e. The Hall–Kier alpha value is -2.21. The van der Waals surface area contributed by atoms with Gasteiger partial charge in [0.25, 0.3) is 5.91 Å². The summed E-state index contributed by atoms with van der Waals surface area (Å²) in [5.41, 5.74) is 0.798. The van der Waals surface area contributed by atoms with Gasteiger partial charge in [0, 0.05) is 11.6 Å². The number of piperazine rings is 1. The normalized spacial score (nSPS) is 22.2. The largest absolute Gasteiger partial charge is 0.339 e. The smallest absolute Gasteiger partial charge is 0.250 e. The van der Waals surface area contributed by atoms with E-state index in [1.165, 1.54) is 11.3 Å². The molecule has 2 atom stereocenters. The Labute approximate surface area is 126 Å². The fourth-order valence-electron chi connectivity index (χ4n) is 2.39. The fraction of sp³-hybridized carbons (Fsp3) is 0.267. The minimum atomic E-state index is -0.616. The molecule has 0 radical (unpaired) electrons. The Morgan fingerprint density at radius 2 is 2.05 bits per heavy atom. The molecule has 2 unspecified atom stereocenters. The maximum Gasteiger partial charge on any atom is 0.250 e. The van der Waals surface area contributed by atoms with E-state index < -0.39 is 12.1 Å². The number of thiazole rings is 1. The van der Waals surface area contributed by atoms with Gasteiger partial charge in [-0.25, -0.2) is 4.98 Å². The third-order valence-electron chi connectivity index (χ3n) is 3.59. The van der Waals surface area contributed by atoms with Crippen LogP contribution in [0.15, 0.2) is 41.9 Å². The van der Waals surface area contributed by atoms with Gasteiger partial charge in [0.05, 0.1) is 6.54 Å². The number of carbonyl (C=O) groups is 2. The van der Waals surface area contributed by atoms with E-state index in [-0.39, 0.29) is 11.8 Å². The lowest BCUT2D eigenvalue weighted by molar-refractivity contribution is -0.149. The van der Waals surface area contributed by atoms with Crippen molar-refractivity contribution in [3.63, 3.8) is 0 Å². The van der Waals surface area contributed by atoms with Crippen LogP contribution in [0.25, 0.3) is 0 Å². The lowest BCUT2D eigenvalue weighted by Crippen LogP contribution is -2.58. The number of amides is 2. The SMILES string of the molecule is CC1C(=O)NC(c2ccccc2)C(=O)N1Cc1nccs1. The Bertz CT molecular complexity index is 642. The standard InChI is InChI=1S/C15H15N3O2S/c1-10-14(19)17-13(11-5-3-2-4-6-11)15(20)18(10)9-12-16-7-8-21-12/h2-8,10,13H,9H2,1H3,(H,17,19). The van der Waals surface area contributed by atoms with E-state index in [2.05, 4.69) is 10.3 Å². The molecule has 1 aliphatic rings. The van der Waals surface area contributed by atoms with Crippen molar-refractivity contribution in [3.8, 4) is 0 Å². The van der Waals surface area contributed by atoms with Crippen LogP contribution in [0.5, 0.6) is 0 Å². The predicted molar refractivity (Wildman–Crippen MR) is 79.5 cm³/mol. The van der Waals surface area contributed by atoms with Crippen LogP contribution in [-0.2, 0) is 16.1 Å². The molecule has 3 rings (SSSR count). The van der Waals surface area contributed by atoms with Gasteiger partial charge in [-0.1, -0.05) is 30.3 Å². The van der Waals surface area contributed by atoms with Crippen molar-refractivity contribution in [1.82, 2.24) is 15.2 Å². The Balaban J connectivity index is 1.88. The van der Waals surface area contributed by atoms with E-state index in [1.807, 2.05) is 35.7 Å². The highest BCUT2D eigenvalue weighted by Crippen LogP contribution is 2.24. The molecule has 1 fully saturated rings. The molecule has 0 bridgehead atoms. The van der Waals surface area contributed by atoms with Gasteiger partial charge < -0.3 is 10.2 Å². The molecule has 1 aromatic carbocycles. The summed E-state index contributed by atoms with van der Waals surface area (Å²) in [5, 5.41) is 5.49. The summed E-state index contributed by atoms with van der Waals surface area (Å²) in [7, 11) is 0. The molecule has 2 heterocycles. The molecule has 1 aliphatic heterocycles. The third kappa shape index (κ3) is 2.67. The van der Waals surface area contributed by atoms with Crippen molar-refractivity contribution in [3.05, 3.63) is 52.5 Å². The second-order valence-corrected chi connectivity index (χ2v) is 5.90. The number of nitrogens with one attached hydrogen (secondary N) is 1. The molecule has 1 aromatic heterocycles. The van der Waals surface area contributed by atoms with Crippen LogP contribution >= 0.6 is 11.3 Å². The Kier molecular flexibility index (Phi) is 3.70. The van der Waals surface area contributed by atoms with Crippen LogP contribution in [0.2, 0.25) is 0 Å². The minimum absolute atomic E-state index is 0.0940. The summed E-state index contributed by atoms with van der Waals surface area (Å²) in [5.74, 6) is -0.233. The number of rotatable bonds is 3.